The van der Waals surface area contributed by atoms with Crippen molar-refractivity contribution in [2.75, 3.05) is 10.6 Å². The third-order valence-corrected chi connectivity index (χ3v) is 5.23. The molecule has 0 aliphatic carbocycles. The lowest BCUT2D eigenvalue weighted by Gasteiger charge is -2.11. The quantitative estimate of drug-likeness (QED) is 0.534. The van der Waals surface area contributed by atoms with Crippen LogP contribution in [0.5, 0.6) is 0 Å². The van der Waals surface area contributed by atoms with Crippen molar-refractivity contribution in [2.24, 2.45) is 0 Å². The molecule has 3 aromatic carbocycles. The third kappa shape index (κ3) is 3.10. The molecule has 1 aromatic heterocycles. The van der Waals surface area contributed by atoms with Gasteiger partial charge in [-0.15, -0.1) is 0 Å². The molecule has 0 radical (unpaired) electrons. The molecule has 7 heteroatoms. The van der Waals surface area contributed by atoms with Crippen LogP contribution in [-0.2, 0) is 9.59 Å². The van der Waals surface area contributed by atoms with E-state index in [-0.39, 0.29) is 24.1 Å². The molecule has 4 aromatic rings. The van der Waals surface area contributed by atoms with Gasteiger partial charge in [-0.05, 0) is 29.1 Å². The Morgan fingerprint density at radius 3 is 2.67 bits per heavy atom. The first kappa shape index (κ1) is 18.1. The van der Waals surface area contributed by atoms with E-state index in [1.807, 2.05) is 42.5 Å². The Bertz CT molecular complexity index is 1270. The molecule has 6 nitrogen and oxygen atoms in total. The van der Waals surface area contributed by atoms with Crippen LogP contribution in [0.2, 0.25) is 0 Å². The summed E-state index contributed by atoms with van der Waals surface area (Å²) in [6.45, 7) is 0. The van der Waals surface area contributed by atoms with Crippen molar-refractivity contribution < 1.29 is 14.0 Å². The summed E-state index contributed by atoms with van der Waals surface area (Å²) in [6.07, 6.45) is 1.56. The van der Waals surface area contributed by atoms with Gasteiger partial charge in [-0.2, -0.15) is 5.10 Å². The summed E-state index contributed by atoms with van der Waals surface area (Å²) in [6, 6.07) is 18.7. The number of fused-ring (bicyclic) bond motifs is 2. The number of nitrogens with zero attached hydrogens (tertiary/aromatic N) is 2. The number of rotatable bonds is 4. The zero-order valence-corrected chi connectivity index (χ0v) is 15.8. The zero-order chi connectivity index (χ0) is 20.7. The molecule has 0 saturated heterocycles. The second-order valence-electron chi connectivity index (χ2n) is 7.14. The van der Waals surface area contributed by atoms with Crippen LogP contribution in [0.3, 0.4) is 0 Å². The number of hydrogen-bond acceptors (Lipinski definition) is 3. The van der Waals surface area contributed by atoms with E-state index in [4.69, 9.17) is 0 Å². The minimum absolute atomic E-state index is 0.0490. The maximum absolute atomic E-state index is 13.2. The van der Waals surface area contributed by atoms with Crippen molar-refractivity contribution >= 4 is 34.1 Å². The van der Waals surface area contributed by atoms with Gasteiger partial charge in [-0.3, -0.25) is 9.59 Å². The molecule has 0 spiro atoms. The van der Waals surface area contributed by atoms with Gasteiger partial charge in [0.05, 0.1) is 12.6 Å². The molecule has 5 rings (SSSR count). The van der Waals surface area contributed by atoms with Gasteiger partial charge in [-0.25, -0.2) is 9.07 Å². The fourth-order valence-corrected chi connectivity index (χ4v) is 3.77. The Morgan fingerprint density at radius 1 is 1.07 bits per heavy atom. The number of hydrogen-bond donors (Lipinski definition) is 2. The number of nitrogens with one attached hydrogen (secondary N) is 2. The Hall–Kier alpha value is -4.00. The van der Waals surface area contributed by atoms with Crippen LogP contribution in [0.25, 0.3) is 21.9 Å². The van der Waals surface area contributed by atoms with Crippen LogP contribution >= 0.6 is 0 Å². The van der Waals surface area contributed by atoms with Crippen molar-refractivity contribution in [2.45, 2.75) is 12.5 Å². The summed E-state index contributed by atoms with van der Waals surface area (Å²) in [4.78, 5) is 25.2. The fraction of sp³-hybridized carbons (Fsp3) is 0.0870. The summed E-state index contributed by atoms with van der Waals surface area (Å²) in [5.41, 5.74) is 2.11. The molecular formula is C23H17FN4O2. The minimum Gasteiger partial charge on any atom is -0.325 e. The number of aromatic nitrogens is 2. The number of amides is 2. The van der Waals surface area contributed by atoms with Crippen molar-refractivity contribution in [1.29, 1.82) is 0 Å². The minimum atomic E-state index is -0.746. The van der Waals surface area contributed by atoms with Crippen LogP contribution in [-0.4, -0.2) is 21.6 Å². The van der Waals surface area contributed by atoms with Crippen LogP contribution in [0, 0.1) is 5.82 Å². The summed E-state index contributed by atoms with van der Waals surface area (Å²) < 4.78 is 14.7. The van der Waals surface area contributed by atoms with Crippen LogP contribution < -0.4 is 10.6 Å². The van der Waals surface area contributed by atoms with Gasteiger partial charge in [0.25, 0.3) is 5.91 Å². The van der Waals surface area contributed by atoms with Crippen LogP contribution in [0.4, 0.5) is 15.9 Å². The van der Waals surface area contributed by atoms with E-state index < -0.39 is 6.04 Å². The summed E-state index contributed by atoms with van der Waals surface area (Å²) in [5, 5.41) is 12.0. The highest BCUT2D eigenvalue weighted by Gasteiger charge is 2.35. The average molecular weight is 400 g/mol. The van der Waals surface area contributed by atoms with Gasteiger partial charge in [0, 0.05) is 16.6 Å². The Morgan fingerprint density at radius 2 is 1.83 bits per heavy atom. The number of carbonyl (C=O) groups is 2. The van der Waals surface area contributed by atoms with Gasteiger partial charge >= 0.3 is 0 Å². The number of anilines is 2. The molecule has 2 heterocycles. The number of benzene rings is 3. The lowest BCUT2D eigenvalue weighted by Crippen LogP contribution is -2.23. The Kier molecular flexibility index (Phi) is 4.28. The normalized spacial score (nSPS) is 15.1. The van der Waals surface area contributed by atoms with Crippen molar-refractivity contribution in [3.63, 3.8) is 0 Å². The lowest BCUT2D eigenvalue weighted by molar-refractivity contribution is -0.123. The highest BCUT2D eigenvalue weighted by molar-refractivity contribution is 6.06. The third-order valence-electron chi connectivity index (χ3n) is 5.23. The first-order chi connectivity index (χ1) is 14.6. The summed E-state index contributed by atoms with van der Waals surface area (Å²) in [7, 11) is 0. The average Bonchev–Trinajstić information content (AvgIpc) is 3.28. The topological polar surface area (TPSA) is 76.0 Å². The standard InChI is InChI=1S/C23H17FN4O2/c24-16-10-8-15(9-11-16)18-13-25-28-20(23(30)27-22(18)28)12-21(29)26-19-7-3-5-14-4-1-2-6-17(14)19/h1-11,13,20H,12H2,(H,26,29)(H,27,30). The molecule has 1 aliphatic rings. The lowest BCUT2D eigenvalue weighted by atomic mass is 10.1. The van der Waals surface area contributed by atoms with Crippen molar-refractivity contribution in [1.82, 2.24) is 9.78 Å². The monoisotopic (exact) mass is 400 g/mol. The molecule has 1 unspecified atom stereocenters. The van der Waals surface area contributed by atoms with Gasteiger partial charge in [0.2, 0.25) is 5.91 Å². The largest absolute Gasteiger partial charge is 0.325 e. The van der Waals surface area contributed by atoms with Crippen LogP contribution in [0.1, 0.15) is 12.5 Å². The Labute approximate surface area is 171 Å². The smallest absolute Gasteiger partial charge is 0.251 e. The fourth-order valence-electron chi connectivity index (χ4n) is 3.77. The van der Waals surface area contributed by atoms with E-state index in [9.17, 15) is 14.0 Å². The van der Waals surface area contributed by atoms with Crippen molar-refractivity contribution in [3.05, 3.63) is 78.7 Å². The molecule has 1 atom stereocenters. The molecule has 30 heavy (non-hydrogen) atoms. The molecule has 0 fully saturated rings. The van der Waals surface area contributed by atoms with Crippen LogP contribution in [0.15, 0.2) is 72.9 Å². The van der Waals surface area contributed by atoms with Gasteiger partial charge in [0.15, 0.2) is 0 Å². The predicted octanol–water partition coefficient (Wildman–Crippen LogP) is 4.36. The van der Waals surface area contributed by atoms with Crippen molar-refractivity contribution in [3.8, 4) is 11.1 Å². The number of carbonyl (C=O) groups excluding carboxylic acids is 2. The molecule has 148 valence electrons. The molecule has 1 aliphatic heterocycles. The molecular weight excluding hydrogens is 383 g/mol. The first-order valence-corrected chi connectivity index (χ1v) is 9.52. The second kappa shape index (κ2) is 7.11. The highest BCUT2D eigenvalue weighted by Crippen LogP contribution is 2.36. The molecule has 2 N–H and O–H groups in total. The van der Waals surface area contributed by atoms with Gasteiger partial charge < -0.3 is 10.6 Å². The summed E-state index contributed by atoms with van der Waals surface area (Å²) in [5.74, 6) is -0.406. The molecule has 2 amide bonds. The molecule has 0 bridgehead atoms. The maximum Gasteiger partial charge on any atom is 0.251 e. The van der Waals surface area contributed by atoms with E-state index in [1.165, 1.54) is 16.8 Å². The first-order valence-electron chi connectivity index (χ1n) is 9.52. The Balaban J connectivity index is 1.38. The van der Waals surface area contributed by atoms with E-state index in [2.05, 4.69) is 15.7 Å². The second-order valence-corrected chi connectivity index (χ2v) is 7.14. The van der Waals surface area contributed by atoms with Gasteiger partial charge in [-0.1, -0.05) is 48.5 Å². The van der Waals surface area contributed by atoms with E-state index >= 15 is 0 Å². The zero-order valence-electron chi connectivity index (χ0n) is 15.8. The predicted molar refractivity (Wildman–Crippen MR) is 112 cm³/mol. The van der Waals surface area contributed by atoms with E-state index in [0.29, 0.717) is 17.1 Å². The maximum atomic E-state index is 13.2. The SMILES string of the molecule is O=C(CC1C(=O)Nc2c(-c3ccc(F)cc3)cnn21)Nc1cccc2ccccc12. The summed E-state index contributed by atoms with van der Waals surface area (Å²) >= 11 is 0. The van der Waals surface area contributed by atoms with E-state index in [0.717, 1.165) is 16.3 Å². The molecule has 0 saturated carbocycles. The van der Waals surface area contributed by atoms with E-state index in [1.54, 1.807) is 18.3 Å². The van der Waals surface area contributed by atoms with Gasteiger partial charge in [0.1, 0.15) is 17.7 Å². The number of halogens is 1. The highest BCUT2D eigenvalue weighted by atomic mass is 19.1.